The van der Waals surface area contributed by atoms with E-state index in [0.717, 1.165) is 11.6 Å². The highest BCUT2D eigenvalue weighted by Crippen LogP contribution is 2.31. The lowest BCUT2D eigenvalue weighted by Crippen LogP contribution is -2.24. The zero-order valence-electron chi connectivity index (χ0n) is 15.1. The second-order valence-electron chi connectivity index (χ2n) is 6.30. The predicted octanol–water partition coefficient (Wildman–Crippen LogP) is 3.64. The molecule has 1 aromatic carbocycles. The number of carbonyl (C=O) groups excluding carboxylic acids is 1. The van der Waals surface area contributed by atoms with Gasteiger partial charge in [0.25, 0.3) is 11.7 Å². The first-order chi connectivity index (χ1) is 13.8. The van der Waals surface area contributed by atoms with Crippen LogP contribution in [0.4, 0.5) is 13.2 Å². The Bertz CT molecular complexity index is 1170. The van der Waals surface area contributed by atoms with Gasteiger partial charge in [0.1, 0.15) is 5.76 Å². The third-order valence-electron chi connectivity index (χ3n) is 4.16. The van der Waals surface area contributed by atoms with Crippen molar-refractivity contribution in [3.63, 3.8) is 0 Å². The molecule has 0 spiro atoms. The Morgan fingerprint density at radius 2 is 1.93 bits per heavy atom. The molecule has 0 aliphatic carbocycles. The molecule has 0 atom stereocenters. The van der Waals surface area contributed by atoms with Crippen LogP contribution in [0.3, 0.4) is 0 Å². The molecule has 0 bridgehead atoms. The minimum atomic E-state index is -4.71. The van der Waals surface area contributed by atoms with Crippen LogP contribution in [0.5, 0.6) is 0 Å². The number of aromatic nitrogens is 4. The first-order valence-corrected chi connectivity index (χ1v) is 8.54. The van der Waals surface area contributed by atoms with Crippen LogP contribution in [0.2, 0.25) is 0 Å². The van der Waals surface area contributed by atoms with Crippen molar-refractivity contribution in [3.05, 3.63) is 71.6 Å². The number of alkyl halides is 3. The zero-order valence-corrected chi connectivity index (χ0v) is 15.1. The Hall–Kier alpha value is -3.69. The largest absolute Gasteiger partial charge is 0.467 e. The summed E-state index contributed by atoms with van der Waals surface area (Å²) >= 11 is 0. The van der Waals surface area contributed by atoms with Crippen LogP contribution >= 0.6 is 0 Å². The fraction of sp³-hybridized carbons (Fsp3) is 0.158. The number of carbonyl (C=O) groups is 1. The summed E-state index contributed by atoms with van der Waals surface area (Å²) in [5, 5.41) is 6.20. The van der Waals surface area contributed by atoms with Gasteiger partial charge in [0.05, 0.1) is 18.5 Å². The highest BCUT2D eigenvalue weighted by atomic mass is 19.4. The molecule has 0 aliphatic rings. The molecule has 148 valence electrons. The summed E-state index contributed by atoms with van der Waals surface area (Å²) in [5.41, 5.74) is 0.467. The van der Waals surface area contributed by atoms with Gasteiger partial charge in [-0.3, -0.25) is 4.79 Å². The van der Waals surface area contributed by atoms with Crippen molar-refractivity contribution in [2.24, 2.45) is 0 Å². The van der Waals surface area contributed by atoms with Crippen molar-refractivity contribution in [3.8, 4) is 11.3 Å². The molecular formula is C19H14F3N5O2. The number of hydrogen-bond acceptors (Lipinski definition) is 5. The van der Waals surface area contributed by atoms with E-state index in [2.05, 4.69) is 20.4 Å². The lowest BCUT2D eigenvalue weighted by Gasteiger charge is -2.10. The lowest BCUT2D eigenvalue weighted by molar-refractivity contribution is -0.142. The molecule has 4 aromatic rings. The second kappa shape index (κ2) is 7.04. The average Bonchev–Trinajstić information content (AvgIpc) is 3.34. The molecule has 0 unspecified atom stereocenters. The molecule has 3 aromatic heterocycles. The fourth-order valence-corrected chi connectivity index (χ4v) is 2.70. The topological polar surface area (TPSA) is 85.3 Å². The summed E-state index contributed by atoms with van der Waals surface area (Å²) in [4.78, 5) is 20.3. The maximum absolute atomic E-state index is 13.6. The van der Waals surface area contributed by atoms with E-state index in [0.29, 0.717) is 15.8 Å². The number of rotatable bonds is 4. The molecule has 1 amide bonds. The summed E-state index contributed by atoms with van der Waals surface area (Å²) in [7, 11) is 0. The van der Waals surface area contributed by atoms with E-state index in [1.807, 2.05) is 6.92 Å². The zero-order chi connectivity index (χ0) is 20.6. The number of halogens is 3. The van der Waals surface area contributed by atoms with Gasteiger partial charge in [0.2, 0.25) is 5.82 Å². The number of nitrogens with zero attached hydrogens (tertiary/aromatic N) is 4. The standard InChI is InChI=1S/C19H14F3N5O2/c1-11-4-6-12(7-5-11)14-9-15(19(20,21)22)27-18(24-14)25-16(26-27)17(28)23-10-13-3-2-8-29-13/h2-9H,10H2,1H3,(H,23,28). The van der Waals surface area contributed by atoms with Gasteiger partial charge in [-0.05, 0) is 25.1 Å². The number of amides is 1. The van der Waals surface area contributed by atoms with Crippen molar-refractivity contribution in [1.29, 1.82) is 0 Å². The van der Waals surface area contributed by atoms with Gasteiger partial charge in [-0.15, -0.1) is 5.10 Å². The van der Waals surface area contributed by atoms with Crippen LogP contribution in [0, 0.1) is 6.92 Å². The molecule has 0 fully saturated rings. The van der Waals surface area contributed by atoms with Gasteiger partial charge in [-0.2, -0.15) is 22.7 Å². The average molecular weight is 401 g/mol. The molecule has 7 nitrogen and oxygen atoms in total. The Morgan fingerprint density at radius 1 is 1.17 bits per heavy atom. The minimum absolute atomic E-state index is 0.0511. The van der Waals surface area contributed by atoms with Crippen molar-refractivity contribution in [2.75, 3.05) is 0 Å². The Labute approximate surface area is 162 Å². The normalized spacial score (nSPS) is 11.7. The van der Waals surface area contributed by atoms with E-state index in [9.17, 15) is 18.0 Å². The minimum Gasteiger partial charge on any atom is -0.467 e. The number of aryl methyl sites for hydroxylation is 1. The molecule has 3 heterocycles. The van der Waals surface area contributed by atoms with Gasteiger partial charge < -0.3 is 9.73 Å². The van der Waals surface area contributed by atoms with E-state index in [-0.39, 0.29) is 18.0 Å². The molecule has 1 N–H and O–H groups in total. The number of fused-ring (bicyclic) bond motifs is 1. The summed E-state index contributed by atoms with van der Waals surface area (Å²) in [6.45, 7) is 1.92. The molecule has 10 heteroatoms. The van der Waals surface area contributed by atoms with Crippen LogP contribution in [-0.4, -0.2) is 25.5 Å². The van der Waals surface area contributed by atoms with Crippen molar-refractivity contribution < 1.29 is 22.4 Å². The van der Waals surface area contributed by atoms with Crippen molar-refractivity contribution in [1.82, 2.24) is 24.9 Å². The molecule has 0 saturated heterocycles. The van der Waals surface area contributed by atoms with E-state index in [4.69, 9.17) is 4.42 Å². The highest BCUT2D eigenvalue weighted by Gasteiger charge is 2.36. The number of furan rings is 1. The molecule has 29 heavy (non-hydrogen) atoms. The first-order valence-electron chi connectivity index (χ1n) is 8.54. The van der Waals surface area contributed by atoms with E-state index in [1.165, 1.54) is 6.26 Å². The van der Waals surface area contributed by atoms with Gasteiger partial charge in [-0.25, -0.2) is 4.98 Å². The van der Waals surface area contributed by atoms with Crippen LogP contribution in [0.1, 0.15) is 27.6 Å². The van der Waals surface area contributed by atoms with Crippen LogP contribution in [0.25, 0.3) is 17.0 Å². The SMILES string of the molecule is Cc1ccc(-c2cc(C(F)(F)F)n3nc(C(=O)NCc4ccco4)nc3n2)cc1. The van der Waals surface area contributed by atoms with E-state index in [1.54, 1.807) is 36.4 Å². The van der Waals surface area contributed by atoms with Crippen molar-refractivity contribution >= 4 is 11.7 Å². The maximum Gasteiger partial charge on any atom is 0.433 e. The third kappa shape index (κ3) is 3.82. The van der Waals surface area contributed by atoms with Crippen LogP contribution in [-0.2, 0) is 12.7 Å². The van der Waals surface area contributed by atoms with Crippen molar-refractivity contribution in [2.45, 2.75) is 19.6 Å². The van der Waals surface area contributed by atoms with Gasteiger partial charge in [0.15, 0.2) is 5.69 Å². The Morgan fingerprint density at radius 3 is 2.59 bits per heavy atom. The molecule has 0 saturated carbocycles. The molecule has 4 rings (SSSR count). The first kappa shape index (κ1) is 18.7. The van der Waals surface area contributed by atoms with Crippen LogP contribution < -0.4 is 5.32 Å². The van der Waals surface area contributed by atoms with Crippen LogP contribution in [0.15, 0.2) is 53.1 Å². The Balaban J connectivity index is 1.73. The molecular weight excluding hydrogens is 387 g/mol. The third-order valence-corrected chi connectivity index (χ3v) is 4.16. The highest BCUT2D eigenvalue weighted by molar-refractivity contribution is 5.90. The maximum atomic E-state index is 13.6. The number of benzene rings is 1. The Kier molecular flexibility index (Phi) is 4.53. The predicted molar refractivity (Wildman–Crippen MR) is 95.8 cm³/mol. The molecule has 0 aliphatic heterocycles. The fourth-order valence-electron chi connectivity index (χ4n) is 2.70. The van der Waals surface area contributed by atoms with E-state index >= 15 is 0 Å². The van der Waals surface area contributed by atoms with Gasteiger partial charge in [0, 0.05) is 5.56 Å². The molecule has 0 radical (unpaired) electrons. The van der Waals surface area contributed by atoms with Gasteiger partial charge in [-0.1, -0.05) is 29.8 Å². The number of nitrogens with one attached hydrogen (secondary N) is 1. The monoisotopic (exact) mass is 401 g/mol. The van der Waals surface area contributed by atoms with Gasteiger partial charge >= 0.3 is 6.18 Å². The summed E-state index contributed by atoms with van der Waals surface area (Å²) < 4.78 is 46.4. The summed E-state index contributed by atoms with van der Waals surface area (Å²) in [6, 6.07) is 11.1. The van der Waals surface area contributed by atoms with E-state index < -0.39 is 23.6 Å². The smallest absolute Gasteiger partial charge is 0.433 e. The lowest BCUT2D eigenvalue weighted by atomic mass is 10.1. The summed E-state index contributed by atoms with van der Waals surface area (Å²) in [5.74, 6) is -0.996. The number of hydrogen-bond donors (Lipinski definition) is 1. The summed E-state index contributed by atoms with van der Waals surface area (Å²) in [6.07, 6.45) is -3.27. The quantitative estimate of drug-likeness (QED) is 0.564. The second-order valence-corrected chi connectivity index (χ2v) is 6.30.